The number of benzene rings is 1. The lowest BCUT2D eigenvalue weighted by Crippen LogP contribution is -1.96. The molecule has 0 aliphatic heterocycles. The van der Waals surface area contributed by atoms with Crippen LogP contribution in [0, 0.1) is 10.1 Å². The average Bonchev–Trinajstić information content (AvgIpc) is 2.11. The third kappa shape index (κ3) is 1.93. The summed E-state index contributed by atoms with van der Waals surface area (Å²) >= 11 is 0. The lowest BCUT2D eigenvalue weighted by atomic mass is 10.1. The van der Waals surface area contributed by atoms with Crippen LogP contribution in [0.15, 0.2) is 12.1 Å². The highest BCUT2D eigenvalue weighted by Gasteiger charge is 2.16. The van der Waals surface area contributed by atoms with E-state index in [9.17, 15) is 15.2 Å². The van der Waals surface area contributed by atoms with Gasteiger partial charge >= 0.3 is 5.69 Å². The van der Waals surface area contributed by atoms with Gasteiger partial charge in [-0.1, -0.05) is 13.3 Å². The van der Waals surface area contributed by atoms with Gasteiger partial charge < -0.3 is 10.8 Å². The molecule has 76 valence electrons. The largest absolute Gasteiger partial charge is 0.501 e. The van der Waals surface area contributed by atoms with Crippen molar-refractivity contribution in [3.8, 4) is 5.75 Å². The molecule has 0 saturated heterocycles. The number of nitro benzene ring substituents is 1. The van der Waals surface area contributed by atoms with Gasteiger partial charge in [-0.05, 0) is 18.1 Å². The molecule has 0 saturated carbocycles. The number of nitrogen functional groups attached to an aromatic ring is 1. The summed E-state index contributed by atoms with van der Waals surface area (Å²) < 4.78 is 0. The van der Waals surface area contributed by atoms with Crippen LogP contribution in [-0.4, -0.2) is 10.0 Å². The highest BCUT2D eigenvalue weighted by Crippen LogP contribution is 2.33. The minimum absolute atomic E-state index is 0.0580. The fraction of sp³-hybridized carbons (Fsp3) is 0.333. The Kier molecular flexibility index (Phi) is 2.91. The second-order valence-electron chi connectivity index (χ2n) is 3.06. The quantitative estimate of drug-likeness (QED) is 0.334. The average molecular weight is 196 g/mol. The lowest BCUT2D eigenvalue weighted by Gasteiger charge is -2.03. The Morgan fingerprint density at radius 2 is 2.21 bits per heavy atom. The molecule has 0 fully saturated rings. The van der Waals surface area contributed by atoms with Gasteiger partial charge in [-0.25, -0.2) is 0 Å². The molecule has 5 heteroatoms. The fourth-order valence-corrected chi connectivity index (χ4v) is 1.27. The Morgan fingerprint density at radius 3 is 2.71 bits per heavy atom. The van der Waals surface area contributed by atoms with E-state index >= 15 is 0 Å². The van der Waals surface area contributed by atoms with Gasteiger partial charge in [-0.3, -0.25) is 10.1 Å². The number of hydrogen-bond donors (Lipinski definition) is 2. The number of phenols is 1. The molecule has 0 amide bonds. The zero-order chi connectivity index (χ0) is 10.7. The van der Waals surface area contributed by atoms with Crippen molar-refractivity contribution in [3.63, 3.8) is 0 Å². The van der Waals surface area contributed by atoms with Crippen molar-refractivity contribution in [3.05, 3.63) is 27.8 Å². The Balaban J connectivity index is 3.21. The highest BCUT2D eigenvalue weighted by atomic mass is 16.6. The molecule has 0 atom stereocenters. The molecule has 1 aromatic rings. The van der Waals surface area contributed by atoms with Gasteiger partial charge in [0, 0.05) is 6.07 Å². The summed E-state index contributed by atoms with van der Waals surface area (Å²) in [7, 11) is 0. The van der Waals surface area contributed by atoms with Crippen LogP contribution >= 0.6 is 0 Å². The predicted molar refractivity (Wildman–Crippen MR) is 53.2 cm³/mol. The molecule has 0 bridgehead atoms. The van der Waals surface area contributed by atoms with Crippen LogP contribution in [0.4, 0.5) is 11.4 Å². The summed E-state index contributed by atoms with van der Waals surface area (Å²) in [6, 6.07) is 2.92. The van der Waals surface area contributed by atoms with Crippen molar-refractivity contribution in [2.45, 2.75) is 19.8 Å². The van der Waals surface area contributed by atoms with Gasteiger partial charge in [0.05, 0.1) is 10.6 Å². The molecular weight excluding hydrogens is 184 g/mol. The van der Waals surface area contributed by atoms with Gasteiger partial charge in [-0.15, -0.1) is 0 Å². The van der Waals surface area contributed by atoms with E-state index in [1.54, 1.807) is 6.07 Å². The van der Waals surface area contributed by atoms with Gasteiger partial charge in [0.25, 0.3) is 0 Å². The van der Waals surface area contributed by atoms with Crippen molar-refractivity contribution in [1.29, 1.82) is 0 Å². The second-order valence-corrected chi connectivity index (χ2v) is 3.06. The molecule has 0 heterocycles. The number of hydrogen-bond acceptors (Lipinski definition) is 4. The molecule has 3 N–H and O–H groups in total. The third-order valence-corrected chi connectivity index (χ3v) is 1.91. The molecule has 5 nitrogen and oxygen atoms in total. The SMILES string of the molecule is CCCc1cc(N)c(O)c([N+](=O)[O-])c1. The Bertz CT molecular complexity index is 363. The van der Waals surface area contributed by atoms with Crippen molar-refractivity contribution in [2.24, 2.45) is 0 Å². The summed E-state index contributed by atoms with van der Waals surface area (Å²) in [5, 5.41) is 19.8. The molecule has 14 heavy (non-hydrogen) atoms. The number of rotatable bonds is 3. The number of nitrogens with two attached hydrogens (primary N) is 1. The van der Waals surface area contributed by atoms with Crippen LogP contribution < -0.4 is 5.73 Å². The van der Waals surface area contributed by atoms with Crippen molar-refractivity contribution in [2.75, 3.05) is 5.73 Å². The molecule has 0 aliphatic carbocycles. The fourth-order valence-electron chi connectivity index (χ4n) is 1.27. The van der Waals surface area contributed by atoms with E-state index in [1.165, 1.54) is 6.07 Å². The Labute approximate surface area is 81.3 Å². The van der Waals surface area contributed by atoms with E-state index in [1.807, 2.05) is 6.92 Å². The number of nitrogens with zero attached hydrogens (tertiary/aromatic N) is 1. The van der Waals surface area contributed by atoms with E-state index in [0.29, 0.717) is 6.42 Å². The van der Waals surface area contributed by atoms with Gasteiger partial charge in [0.15, 0.2) is 0 Å². The van der Waals surface area contributed by atoms with E-state index in [0.717, 1.165) is 12.0 Å². The molecule has 0 radical (unpaired) electrons. The first-order chi connectivity index (χ1) is 6.56. The van der Waals surface area contributed by atoms with Gasteiger partial charge in [0.2, 0.25) is 5.75 Å². The molecule has 1 rings (SSSR count). The standard InChI is InChI=1S/C9H12N2O3/c1-2-3-6-4-7(10)9(12)8(5-6)11(13)14/h4-5,12H,2-3,10H2,1H3. The maximum absolute atomic E-state index is 10.5. The van der Waals surface area contributed by atoms with Crippen LogP contribution in [0.2, 0.25) is 0 Å². The summed E-state index contributed by atoms with van der Waals surface area (Å²) in [6.07, 6.45) is 1.59. The first-order valence-corrected chi connectivity index (χ1v) is 4.32. The molecule has 0 spiro atoms. The normalized spacial score (nSPS) is 10.1. The number of nitro groups is 1. The number of aryl methyl sites for hydroxylation is 1. The smallest absolute Gasteiger partial charge is 0.313 e. The van der Waals surface area contributed by atoms with E-state index in [2.05, 4.69) is 0 Å². The third-order valence-electron chi connectivity index (χ3n) is 1.91. The van der Waals surface area contributed by atoms with Crippen LogP contribution in [0.25, 0.3) is 0 Å². The van der Waals surface area contributed by atoms with Crippen molar-refractivity contribution < 1.29 is 10.0 Å². The summed E-state index contributed by atoms with van der Waals surface area (Å²) in [4.78, 5) is 9.89. The van der Waals surface area contributed by atoms with Gasteiger partial charge in [0.1, 0.15) is 0 Å². The maximum atomic E-state index is 10.5. The van der Waals surface area contributed by atoms with Crippen LogP contribution in [0.5, 0.6) is 5.75 Å². The van der Waals surface area contributed by atoms with E-state index in [-0.39, 0.29) is 11.4 Å². The topological polar surface area (TPSA) is 89.4 Å². The lowest BCUT2D eigenvalue weighted by molar-refractivity contribution is -0.385. The Morgan fingerprint density at radius 1 is 1.57 bits per heavy atom. The van der Waals surface area contributed by atoms with Crippen LogP contribution in [0.3, 0.4) is 0 Å². The maximum Gasteiger partial charge on any atom is 0.313 e. The summed E-state index contributed by atoms with van der Waals surface area (Å²) in [6.45, 7) is 1.97. The van der Waals surface area contributed by atoms with Crippen molar-refractivity contribution in [1.82, 2.24) is 0 Å². The molecule has 0 unspecified atom stereocenters. The van der Waals surface area contributed by atoms with Crippen LogP contribution in [-0.2, 0) is 6.42 Å². The first-order valence-electron chi connectivity index (χ1n) is 4.32. The minimum atomic E-state index is -0.634. The monoisotopic (exact) mass is 196 g/mol. The zero-order valence-electron chi connectivity index (χ0n) is 7.86. The number of aromatic hydroxyl groups is 1. The molecule has 0 aliphatic rings. The minimum Gasteiger partial charge on any atom is -0.501 e. The Hall–Kier alpha value is -1.78. The van der Waals surface area contributed by atoms with Crippen molar-refractivity contribution >= 4 is 11.4 Å². The molecule has 0 aromatic heterocycles. The van der Waals surface area contributed by atoms with Crippen LogP contribution in [0.1, 0.15) is 18.9 Å². The van der Waals surface area contributed by atoms with E-state index < -0.39 is 10.7 Å². The first kappa shape index (κ1) is 10.3. The number of phenolic OH excluding ortho intramolecular Hbond substituents is 1. The summed E-state index contributed by atoms with van der Waals surface area (Å²) in [5.74, 6) is -0.449. The molecular formula is C9H12N2O3. The molecule has 1 aromatic carbocycles. The summed E-state index contributed by atoms with van der Waals surface area (Å²) in [5.41, 5.74) is 5.94. The predicted octanol–water partition coefficient (Wildman–Crippen LogP) is 1.84. The number of anilines is 1. The highest BCUT2D eigenvalue weighted by molar-refractivity contribution is 5.64. The van der Waals surface area contributed by atoms with E-state index in [4.69, 9.17) is 5.73 Å². The second kappa shape index (κ2) is 3.95. The zero-order valence-corrected chi connectivity index (χ0v) is 7.86. The van der Waals surface area contributed by atoms with Gasteiger partial charge in [-0.2, -0.15) is 0 Å².